The highest BCUT2D eigenvalue weighted by atomic mass is 16.5. The molecule has 1 aromatic rings. The van der Waals surface area contributed by atoms with Crippen molar-refractivity contribution in [1.29, 1.82) is 0 Å². The van der Waals surface area contributed by atoms with Crippen LogP contribution in [-0.4, -0.2) is 12.2 Å². The van der Waals surface area contributed by atoms with Crippen LogP contribution in [0.25, 0.3) is 6.08 Å². The van der Waals surface area contributed by atoms with Crippen molar-refractivity contribution < 1.29 is 9.84 Å². The van der Waals surface area contributed by atoms with Gasteiger partial charge in [-0.25, -0.2) is 0 Å². The number of benzene rings is 1. The second-order valence-corrected chi connectivity index (χ2v) is 2.43. The van der Waals surface area contributed by atoms with Gasteiger partial charge in [0.2, 0.25) is 0 Å². The second-order valence-electron chi connectivity index (χ2n) is 2.43. The largest absolute Gasteiger partial charge is 0.508 e. The van der Waals surface area contributed by atoms with E-state index >= 15 is 0 Å². The van der Waals surface area contributed by atoms with Gasteiger partial charge in [-0.15, -0.1) is 0 Å². The van der Waals surface area contributed by atoms with Gasteiger partial charge in [0.15, 0.2) is 0 Å². The van der Waals surface area contributed by atoms with Crippen molar-refractivity contribution in [1.82, 2.24) is 0 Å². The van der Waals surface area contributed by atoms with Gasteiger partial charge in [0, 0.05) is 5.56 Å². The molecule has 0 aromatic heterocycles. The molecule has 0 bridgehead atoms. The molecule has 2 heteroatoms. The zero-order chi connectivity index (χ0) is 8.97. The zero-order valence-corrected chi connectivity index (χ0v) is 7.24. The van der Waals surface area contributed by atoms with E-state index in [4.69, 9.17) is 4.74 Å². The molecule has 0 amide bonds. The van der Waals surface area contributed by atoms with Gasteiger partial charge in [-0.3, -0.25) is 0 Å². The highest BCUT2D eigenvalue weighted by Crippen LogP contribution is 2.24. The van der Waals surface area contributed by atoms with Crippen LogP contribution in [0.5, 0.6) is 11.5 Å². The van der Waals surface area contributed by atoms with E-state index in [1.54, 1.807) is 25.3 Å². The summed E-state index contributed by atoms with van der Waals surface area (Å²) >= 11 is 0. The van der Waals surface area contributed by atoms with Crippen LogP contribution in [0.3, 0.4) is 0 Å². The number of hydrogen-bond acceptors (Lipinski definition) is 2. The molecule has 0 heterocycles. The lowest BCUT2D eigenvalue weighted by molar-refractivity contribution is 0.411. The van der Waals surface area contributed by atoms with Crippen molar-refractivity contribution in [3.05, 3.63) is 29.8 Å². The topological polar surface area (TPSA) is 29.5 Å². The van der Waals surface area contributed by atoms with Gasteiger partial charge < -0.3 is 9.84 Å². The smallest absolute Gasteiger partial charge is 0.126 e. The summed E-state index contributed by atoms with van der Waals surface area (Å²) in [5.74, 6) is 1.02. The number of rotatable bonds is 2. The highest BCUT2D eigenvalue weighted by Gasteiger charge is 1.98. The third-order valence-corrected chi connectivity index (χ3v) is 1.56. The molecular weight excluding hydrogens is 152 g/mol. The monoisotopic (exact) mass is 164 g/mol. The second kappa shape index (κ2) is 3.81. The van der Waals surface area contributed by atoms with E-state index in [0.29, 0.717) is 0 Å². The molecule has 0 radical (unpaired) electrons. The van der Waals surface area contributed by atoms with Gasteiger partial charge in [-0.05, 0) is 25.1 Å². The predicted molar refractivity (Wildman–Crippen MR) is 49.4 cm³/mol. The first kappa shape index (κ1) is 8.65. The number of allylic oxidation sites excluding steroid dienone is 1. The van der Waals surface area contributed by atoms with Crippen molar-refractivity contribution in [2.75, 3.05) is 7.11 Å². The molecule has 0 fully saturated rings. The summed E-state index contributed by atoms with van der Waals surface area (Å²) in [5, 5.41) is 9.17. The summed E-state index contributed by atoms with van der Waals surface area (Å²) in [5.41, 5.74) is 0.889. The Morgan fingerprint density at radius 1 is 1.42 bits per heavy atom. The van der Waals surface area contributed by atoms with Gasteiger partial charge in [0.25, 0.3) is 0 Å². The molecule has 2 nitrogen and oxygen atoms in total. The summed E-state index contributed by atoms with van der Waals surface area (Å²) in [6, 6.07) is 5.01. The molecule has 0 saturated carbocycles. The minimum atomic E-state index is 0.254. The van der Waals surface area contributed by atoms with Crippen molar-refractivity contribution >= 4 is 6.08 Å². The highest BCUT2D eigenvalue weighted by molar-refractivity contribution is 5.59. The molecule has 0 spiro atoms. The fraction of sp³-hybridized carbons (Fsp3) is 0.200. The van der Waals surface area contributed by atoms with Crippen molar-refractivity contribution in [2.24, 2.45) is 0 Å². The molecule has 0 aliphatic carbocycles. The Hall–Kier alpha value is -1.44. The maximum Gasteiger partial charge on any atom is 0.126 e. The van der Waals surface area contributed by atoms with Crippen LogP contribution in [0.4, 0.5) is 0 Å². The van der Waals surface area contributed by atoms with E-state index in [1.807, 2.05) is 19.1 Å². The fourth-order valence-corrected chi connectivity index (χ4v) is 1.03. The standard InChI is InChI=1S/C10H12O2/c1-3-4-8-7-9(11)5-6-10(8)12-2/h3-7,11H,1-2H3/b4-3+. The van der Waals surface area contributed by atoms with Gasteiger partial charge in [-0.1, -0.05) is 12.2 Å². The van der Waals surface area contributed by atoms with E-state index in [-0.39, 0.29) is 5.75 Å². The Kier molecular flexibility index (Phi) is 2.75. The Morgan fingerprint density at radius 3 is 2.75 bits per heavy atom. The Labute approximate surface area is 72.1 Å². The van der Waals surface area contributed by atoms with Crippen LogP contribution in [0.15, 0.2) is 24.3 Å². The summed E-state index contributed by atoms with van der Waals surface area (Å²) in [6.45, 7) is 1.92. The first-order chi connectivity index (χ1) is 5.77. The van der Waals surface area contributed by atoms with E-state index < -0.39 is 0 Å². The van der Waals surface area contributed by atoms with Crippen molar-refractivity contribution in [3.8, 4) is 11.5 Å². The molecule has 0 unspecified atom stereocenters. The number of ether oxygens (including phenoxy) is 1. The van der Waals surface area contributed by atoms with Crippen LogP contribution >= 0.6 is 0 Å². The van der Waals surface area contributed by atoms with E-state index in [1.165, 1.54) is 0 Å². The zero-order valence-electron chi connectivity index (χ0n) is 7.24. The SMILES string of the molecule is C/C=C/c1cc(O)ccc1OC. The molecule has 64 valence electrons. The van der Waals surface area contributed by atoms with Crippen LogP contribution < -0.4 is 4.74 Å². The molecule has 1 rings (SSSR count). The normalized spacial score (nSPS) is 10.5. The van der Waals surface area contributed by atoms with E-state index in [2.05, 4.69) is 0 Å². The molecular formula is C10H12O2. The maximum absolute atomic E-state index is 9.17. The lowest BCUT2D eigenvalue weighted by atomic mass is 10.2. The van der Waals surface area contributed by atoms with Crippen LogP contribution in [0.1, 0.15) is 12.5 Å². The van der Waals surface area contributed by atoms with Crippen LogP contribution in [-0.2, 0) is 0 Å². The average Bonchev–Trinajstić information content (AvgIpc) is 2.05. The molecule has 0 saturated heterocycles. The summed E-state index contributed by atoms with van der Waals surface area (Å²) in [4.78, 5) is 0. The number of phenolic OH excluding ortho intramolecular Hbond substituents is 1. The molecule has 0 aliphatic heterocycles. The Balaban J connectivity index is 3.12. The fourth-order valence-electron chi connectivity index (χ4n) is 1.03. The molecule has 12 heavy (non-hydrogen) atoms. The average molecular weight is 164 g/mol. The first-order valence-corrected chi connectivity index (χ1v) is 3.77. The third kappa shape index (κ3) is 1.78. The number of aromatic hydroxyl groups is 1. The van der Waals surface area contributed by atoms with Gasteiger partial charge in [-0.2, -0.15) is 0 Å². The van der Waals surface area contributed by atoms with Gasteiger partial charge in [0.05, 0.1) is 7.11 Å². The first-order valence-electron chi connectivity index (χ1n) is 3.77. The van der Waals surface area contributed by atoms with E-state index in [0.717, 1.165) is 11.3 Å². The quantitative estimate of drug-likeness (QED) is 0.727. The summed E-state index contributed by atoms with van der Waals surface area (Å²) in [7, 11) is 1.61. The minimum absolute atomic E-state index is 0.254. The molecule has 0 atom stereocenters. The number of phenols is 1. The summed E-state index contributed by atoms with van der Waals surface area (Å²) in [6.07, 6.45) is 3.79. The summed E-state index contributed by atoms with van der Waals surface area (Å²) < 4.78 is 5.09. The van der Waals surface area contributed by atoms with Gasteiger partial charge in [0.1, 0.15) is 11.5 Å². The lowest BCUT2D eigenvalue weighted by Gasteiger charge is -2.04. The van der Waals surface area contributed by atoms with Crippen molar-refractivity contribution in [2.45, 2.75) is 6.92 Å². The number of methoxy groups -OCH3 is 1. The van der Waals surface area contributed by atoms with Crippen LogP contribution in [0, 0.1) is 0 Å². The Bertz CT molecular complexity index is 290. The van der Waals surface area contributed by atoms with Crippen molar-refractivity contribution in [3.63, 3.8) is 0 Å². The minimum Gasteiger partial charge on any atom is -0.508 e. The van der Waals surface area contributed by atoms with Gasteiger partial charge >= 0.3 is 0 Å². The maximum atomic E-state index is 9.17. The van der Waals surface area contributed by atoms with Crippen LogP contribution in [0.2, 0.25) is 0 Å². The predicted octanol–water partition coefficient (Wildman–Crippen LogP) is 2.43. The van der Waals surface area contributed by atoms with E-state index in [9.17, 15) is 5.11 Å². The third-order valence-electron chi connectivity index (χ3n) is 1.56. The molecule has 1 aromatic carbocycles. The molecule has 0 aliphatic rings. The lowest BCUT2D eigenvalue weighted by Crippen LogP contribution is -1.85. The Morgan fingerprint density at radius 2 is 2.17 bits per heavy atom. The molecule has 1 N–H and O–H groups in total. The number of hydrogen-bond donors (Lipinski definition) is 1.